The molecule has 0 aromatic heterocycles. The third-order valence-corrected chi connectivity index (χ3v) is 3.36. The molecule has 1 aromatic rings. The van der Waals surface area contributed by atoms with Gasteiger partial charge in [-0.3, -0.25) is 4.79 Å². The van der Waals surface area contributed by atoms with Crippen molar-refractivity contribution < 1.29 is 9.18 Å². The van der Waals surface area contributed by atoms with E-state index >= 15 is 0 Å². The summed E-state index contributed by atoms with van der Waals surface area (Å²) in [5.74, 6) is -1.15. The quantitative estimate of drug-likeness (QED) is 0.701. The number of amides is 1. The van der Waals surface area contributed by atoms with E-state index in [1.165, 1.54) is 6.07 Å². The molecule has 0 bridgehead atoms. The number of carbonyl (C=O) groups excluding carboxylic acids is 1. The number of halogens is 1. The van der Waals surface area contributed by atoms with Gasteiger partial charge in [-0.1, -0.05) is 6.92 Å². The van der Waals surface area contributed by atoms with E-state index < -0.39 is 11.7 Å². The Morgan fingerprint density at radius 2 is 2.24 bits per heavy atom. The van der Waals surface area contributed by atoms with E-state index in [9.17, 15) is 9.18 Å². The molecule has 1 atom stereocenters. The van der Waals surface area contributed by atoms with Crippen LogP contribution in [0.15, 0.2) is 12.1 Å². The molecule has 0 spiro atoms. The van der Waals surface area contributed by atoms with Crippen molar-refractivity contribution in [3.05, 3.63) is 23.5 Å². The van der Waals surface area contributed by atoms with E-state index in [1.54, 1.807) is 11.8 Å². The molecule has 0 saturated heterocycles. The highest BCUT2D eigenvalue weighted by atomic mass is 32.2. The first-order valence-electron chi connectivity index (χ1n) is 5.11. The molecule has 0 saturated carbocycles. The van der Waals surface area contributed by atoms with Gasteiger partial charge in [0.15, 0.2) is 0 Å². The Kier molecular flexibility index (Phi) is 4.62. The van der Waals surface area contributed by atoms with Gasteiger partial charge < -0.3 is 16.8 Å². The van der Waals surface area contributed by atoms with E-state index in [-0.39, 0.29) is 16.9 Å². The number of benzene rings is 1. The van der Waals surface area contributed by atoms with E-state index in [2.05, 4.69) is 5.32 Å². The third kappa shape index (κ3) is 3.52. The topological polar surface area (TPSA) is 81.1 Å². The molecule has 1 unspecified atom stereocenters. The third-order valence-electron chi connectivity index (χ3n) is 2.39. The molecule has 0 fully saturated rings. The number of primary amides is 1. The first-order chi connectivity index (χ1) is 7.95. The summed E-state index contributed by atoms with van der Waals surface area (Å²) in [5.41, 5.74) is 11.1. The minimum Gasteiger partial charge on any atom is -0.398 e. The first-order valence-corrected chi connectivity index (χ1v) is 6.40. The fraction of sp³-hybridized carbons (Fsp3) is 0.364. The van der Waals surface area contributed by atoms with Crippen LogP contribution in [-0.2, 0) is 0 Å². The van der Waals surface area contributed by atoms with Gasteiger partial charge in [0, 0.05) is 17.5 Å². The molecule has 1 amide bonds. The van der Waals surface area contributed by atoms with Crippen LogP contribution in [0.4, 0.5) is 15.8 Å². The molecule has 0 aliphatic rings. The van der Waals surface area contributed by atoms with Crippen LogP contribution in [0.1, 0.15) is 17.3 Å². The maximum Gasteiger partial charge on any atom is 0.250 e. The van der Waals surface area contributed by atoms with Crippen molar-refractivity contribution >= 4 is 29.0 Å². The highest BCUT2D eigenvalue weighted by Gasteiger charge is 2.12. The fourth-order valence-corrected chi connectivity index (χ4v) is 1.52. The summed E-state index contributed by atoms with van der Waals surface area (Å²) in [5, 5.41) is 3.26. The average molecular weight is 257 g/mol. The number of carbonyl (C=O) groups is 1. The lowest BCUT2D eigenvalue weighted by molar-refractivity contribution is 0.100. The zero-order valence-corrected chi connectivity index (χ0v) is 10.6. The molecule has 4 nitrogen and oxygen atoms in total. The van der Waals surface area contributed by atoms with Crippen molar-refractivity contribution in [2.45, 2.75) is 12.2 Å². The number of anilines is 2. The van der Waals surface area contributed by atoms with Gasteiger partial charge in [-0.15, -0.1) is 0 Å². The normalized spacial score (nSPS) is 12.2. The molecule has 0 radical (unpaired) electrons. The molecular weight excluding hydrogens is 241 g/mol. The van der Waals surface area contributed by atoms with Crippen molar-refractivity contribution in [3.63, 3.8) is 0 Å². The zero-order chi connectivity index (χ0) is 13.0. The molecule has 0 aliphatic carbocycles. The lowest BCUT2D eigenvalue weighted by atomic mass is 10.1. The minimum absolute atomic E-state index is 0.0541. The molecule has 1 rings (SSSR count). The zero-order valence-electron chi connectivity index (χ0n) is 9.79. The Balaban J connectivity index is 2.92. The molecule has 1 aromatic carbocycles. The molecule has 6 heteroatoms. The largest absolute Gasteiger partial charge is 0.398 e. The van der Waals surface area contributed by atoms with Crippen molar-refractivity contribution in [1.82, 2.24) is 0 Å². The van der Waals surface area contributed by atoms with Crippen LogP contribution in [0.5, 0.6) is 0 Å². The summed E-state index contributed by atoms with van der Waals surface area (Å²) in [6.07, 6.45) is 1.97. The number of hydrogen-bond acceptors (Lipinski definition) is 4. The summed E-state index contributed by atoms with van der Waals surface area (Å²) in [7, 11) is 0. The van der Waals surface area contributed by atoms with Crippen LogP contribution in [-0.4, -0.2) is 24.0 Å². The Morgan fingerprint density at radius 3 is 2.76 bits per heavy atom. The summed E-state index contributed by atoms with van der Waals surface area (Å²) >= 11 is 1.66. The van der Waals surface area contributed by atoms with Crippen molar-refractivity contribution in [1.29, 1.82) is 0 Å². The number of nitrogens with one attached hydrogen (secondary N) is 1. The highest BCUT2D eigenvalue weighted by Crippen LogP contribution is 2.22. The standard InChI is InChI=1S/C11H16FN3OS/c1-6(17-2)5-15-10-3-7(11(14)16)9(13)4-8(10)12/h3-4,6,15H,5,13H2,1-2H3,(H2,14,16). The van der Waals surface area contributed by atoms with Crippen molar-refractivity contribution in [2.24, 2.45) is 5.73 Å². The SMILES string of the molecule is CSC(C)CNc1cc(C(N)=O)c(N)cc1F. The lowest BCUT2D eigenvalue weighted by Gasteiger charge is -2.13. The fourth-order valence-electron chi connectivity index (χ4n) is 1.27. The van der Waals surface area contributed by atoms with E-state index in [0.29, 0.717) is 11.8 Å². The maximum atomic E-state index is 13.5. The monoisotopic (exact) mass is 257 g/mol. The number of rotatable bonds is 5. The molecule has 0 heterocycles. The Hall–Kier alpha value is -1.43. The Bertz CT molecular complexity index is 425. The molecular formula is C11H16FN3OS. The summed E-state index contributed by atoms with van der Waals surface area (Å²) in [6, 6.07) is 2.45. The number of nitrogen functional groups attached to an aromatic ring is 1. The van der Waals surface area contributed by atoms with Gasteiger partial charge in [-0.2, -0.15) is 11.8 Å². The number of nitrogens with two attached hydrogens (primary N) is 2. The lowest BCUT2D eigenvalue weighted by Crippen LogP contribution is -2.17. The van der Waals surface area contributed by atoms with E-state index in [4.69, 9.17) is 11.5 Å². The Labute approximate surface area is 104 Å². The van der Waals surface area contributed by atoms with Crippen molar-refractivity contribution in [3.8, 4) is 0 Å². The average Bonchev–Trinajstić information content (AvgIpc) is 2.26. The summed E-state index contributed by atoms with van der Waals surface area (Å²) < 4.78 is 13.5. The van der Waals surface area contributed by atoms with Gasteiger partial charge in [-0.25, -0.2) is 4.39 Å². The van der Waals surface area contributed by atoms with Crippen LogP contribution >= 0.6 is 11.8 Å². The van der Waals surface area contributed by atoms with Crippen molar-refractivity contribution in [2.75, 3.05) is 23.9 Å². The predicted molar refractivity (Wildman–Crippen MR) is 70.8 cm³/mol. The van der Waals surface area contributed by atoms with Crippen LogP contribution in [0.2, 0.25) is 0 Å². The van der Waals surface area contributed by atoms with Gasteiger partial charge in [0.2, 0.25) is 0 Å². The van der Waals surface area contributed by atoms with Crippen LogP contribution in [0.3, 0.4) is 0 Å². The summed E-state index contributed by atoms with van der Waals surface area (Å²) in [6.45, 7) is 2.61. The second-order valence-corrected chi connectivity index (χ2v) is 4.99. The number of hydrogen-bond donors (Lipinski definition) is 3. The van der Waals surface area contributed by atoms with Gasteiger partial charge in [-0.05, 0) is 18.4 Å². The van der Waals surface area contributed by atoms with Crippen LogP contribution in [0.25, 0.3) is 0 Å². The second kappa shape index (κ2) is 5.77. The van der Waals surface area contributed by atoms with Gasteiger partial charge >= 0.3 is 0 Å². The second-order valence-electron chi connectivity index (χ2n) is 3.71. The van der Waals surface area contributed by atoms with E-state index in [1.807, 2.05) is 13.2 Å². The first kappa shape index (κ1) is 13.6. The van der Waals surface area contributed by atoms with Crippen LogP contribution in [0, 0.1) is 5.82 Å². The van der Waals surface area contributed by atoms with Gasteiger partial charge in [0.25, 0.3) is 5.91 Å². The smallest absolute Gasteiger partial charge is 0.250 e. The predicted octanol–water partition coefficient (Wildman–Crippen LogP) is 1.67. The molecule has 94 valence electrons. The maximum absolute atomic E-state index is 13.5. The molecule has 5 N–H and O–H groups in total. The van der Waals surface area contributed by atoms with Gasteiger partial charge in [0.05, 0.1) is 11.3 Å². The van der Waals surface area contributed by atoms with Crippen LogP contribution < -0.4 is 16.8 Å². The highest BCUT2D eigenvalue weighted by molar-refractivity contribution is 7.99. The summed E-state index contributed by atoms with van der Waals surface area (Å²) in [4.78, 5) is 11.1. The van der Waals surface area contributed by atoms with E-state index in [0.717, 1.165) is 6.07 Å². The Morgan fingerprint density at radius 1 is 1.59 bits per heavy atom. The van der Waals surface area contributed by atoms with Gasteiger partial charge in [0.1, 0.15) is 5.82 Å². The molecule has 0 aliphatic heterocycles. The minimum atomic E-state index is -0.663. The number of thioether (sulfide) groups is 1. The molecule has 17 heavy (non-hydrogen) atoms.